The van der Waals surface area contributed by atoms with Gasteiger partial charge < -0.3 is 42.7 Å². The lowest BCUT2D eigenvalue weighted by molar-refractivity contribution is -0.142. The first-order valence-corrected chi connectivity index (χ1v) is 13.4. The van der Waals surface area contributed by atoms with Crippen LogP contribution in [0.5, 0.6) is 5.75 Å². The molecule has 0 aliphatic rings. The summed E-state index contributed by atoms with van der Waals surface area (Å²) in [6, 6.07) is 1.36. The number of nitrogens with two attached hydrogens (primary N) is 2. The van der Waals surface area contributed by atoms with Crippen molar-refractivity contribution >= 4 is 35.5 Å². The fraction of sp³-hybridized carbons (Fsp3) is 0.583. The Kier molecular flexibility index (Phi) is 14.6. The van der Waals surface area contributed by atoms with Crippen LogP contribution in [0.2, 0.25) is 0 Å². The zero-order chi connectivity index (χ0) is 28.0. The number of rotatable bonds is 17. The average Bonchev–Trinajstić information content (AvgIpc) is 2.85. The zero-order valence-corrected chi connectivity index (χ0v) is 22.0. The summed E-state index contributed by atoms with van der Waals surface area (Å²) < 4.78 is 0. The van der Waals surface area contributed by atoms with Gasteiger partial charge >= 0.3 is 5.97 Å². The van der Waals surface area contributed by atoms with E-state index in [0.717, 1.165) is 0 Å². The summed E-state index contributed by atoms with van der Waals surface area (Å²) in [4.78, 5) is 50.4. The number of carbonyl (C=O) groups is 4. The van der Waals surface area contributed by atoms with Gasteiger partial charge in [0.1, 0.15) is 29.9 Å². The molecule has 0 saturated carbocycles. The number of phenols is 1. The van der Waals surface area contributed by atoms with E-state index in [0.29, 0.717) is 30.7 Å². The van der Waals surface area contributed by atoms with Gasteiger partial charge in [0.2, 0.25) is 17.7 Å². The number of phenolic OH excluding ortho intramolecular Hbond substituents is 1. The molecule has 0 aromatic heterocycles. The Hall–Kier alpha value is -2.87. The molecular formula is C24H39N5O7S. The van der Waals surface area contributed by atoms with Crippen LogP contribution in [-0.4, -0.2) is 87.8 Å². The second-order valence-electron chi connectivity index (χ2n) is 8.72. The molecule has 1 aromatic carbocycles. The summed E-state index contributed by atoms with van der Waals surface area (Å²) in [5.74, 6) is -2.75. The minimum atomic E-state index is -1.29. The molecule has 0 fully saturated rings. The summed E-state index contributed by atoms with van der Waals surface area (Å²) in [6.07, 6.45) is 2.17. The maximum absolute atomic E-state index is 13.3. The molecule has 0 spiro atoms. The molecular weight excluding hydrogens is 502 g/mol. The number of aliphatic hydroxyl groups is 1. The van der Waals surface area contributed by atoms with Crippen LogP contribution in [-0.2, 0) is 25.6 Å². The van der Waals surface area contributed by atoms with E-state index in [9.17, 15) is 34.5 Å². The van der Waals surface area contributed by atoms with Crippen LogP contribution in [0.15, 0.2) is 24.3 Å². The Morgan fingerprint density at radius 1 is 0.919 bits per heavy atom. The smallest absolute Gasteiger partial charge is 0.326 e. The topological polar surface area (TPSA) is 217 Å². The van der Waals surface area contributed by atoms with Gasteiger partial charge in [-0.15, -0.1) is 0 Å². The number of benzene rings is 1. The first-order chi connectivity index (χ1) is 17.5. The van der Waals surface area contributed by atoms with Crippen molar-refractivity contribution in [3.8, 4) is 5.75 Å². The van der Waals surface area contributed by atoms with E-state index in [2.05, 4.69) is 16.0 Å². The Morgan fingerprint density at radius 2 is 1.49 bits per heavy atom. The summed E-state index contributed by atoms with van der Waals surface area (Å²) in [6.45, 7) is 1.72. The molecule has 13 heteroatoms. The molecule has 0 bridgehead atoms. The van der Waals surface area contributed by atoms with Crippen molar-refractivity contribution in [2.24, 2.45) is 11.5 Å². The second-order valence-corrected chi connectivity index (χ2v) is 9.71. The van der Waals surface area contributed by atoms with Gasteiger partial charge in [0.15, 0.2) is 0 Å². The third-order valence-electron chi connectivity index (χ3n) is 5.64. The van der Waals surface area contributed by atoms with Crippen molar-refractivity contribution in [1.82, 2.24) is 16.0 Å². The van der Waals surface area contributed by atoms with Crippen molar-refractivity contribution in [2.45, 2.75) is 69.3 Å². The number of amides is 3. The van der Waals surface area contributed by atoms with Crippen molar-refractivity contribution in [1.29, 1.82) is 0 Å². The van der Waals surface area contributed by atoms with Crippen LogP contribution in [0.4, 0.5) is 0 Å². The van der Waals surface area contributed by atoms with Gasteiger partial charge in [-0.05, 0) is 68.9 Å². The van der Waals surface area contributed by atoms with E-state index < -0.39 is 54.0 Å². The minimum Gasteiger partial charge on any atom is -0.508 e. The second kappa shape index (κ2) is 16.8. The number of carboxylic acids is 1. The molecule has 1 rings (SSSR count). The largest absolute Gasteiger partial charge is 0.508 e. The molecule has 0 radical (unpaired) electrons. The van der Waals surface area contributed by atoms with E-state index in [1.807, 2.05) is 6.26 Å². The number of aliphatic carboxylic acids is 1. The van der Waals surface area contributed by atoms with Crippen LogP contribution in [0.25, 0.3) is 0 Å². The molecule has 37 heavy (non-hydrogen) atoms. The molecule has 0 aliphatic carbocycles. The van der Waals surface area contributed by atoms with Crippen LogP contribution in [0.3, 0.4) is 0 Å². The monoisotopic (exact) mass is 541 g/mol. The fourth-order valence-corrected chi connectivity index (χ4v) is 3.83. The number of aromatic hydroxyl groups is 1. The van der Waals surface area contributed by atoms with Crippen LogP contribution in [0.1, 0.15) is 38.2 Å². The van der Waals surface area contributed by atoms with E-state index in [1.165, 1.54) is 30.8 Å². The lowest BCUT2D eigenvalue weighted by Crippen LogP contribution is -2.58. The Labute approximate surface area is 220 Å². The number of unbranched alkanes of at least 4 members (excludes halogenated alkanes) is 1. The average molecular weight is 542 g/mol. The minimum absolute atomic E-state index is 0.00694. The number of aliphatic hydroxyl groups excluding tert-OH is 1. The Balaban J connectivity index is 3.12. The number of hydrogen-bond donors (Lipinski definition) is 8. The van der Waals surface area contributed by atoms with Crippen molar-refractivity contribution in [3.05, 3.63) is 29.8 Å². The van der Waals surface area contributed by atoms with Gasteiger partial charge in [-0.3, -0.25) is 14.4 Å². The van der Waals surface area contributed by atoms with E-state index >= 15 is 0 Å². The predicted octanol–water partition coefficient (Wildman–Crippen LogP) is -0.936. The molecule has 0 heterocycles. The number of thioether (sulfide) groups is 1. The maximum atomic E-state index is 13.3. The summed E-state index contributed by atoms with van der Waals surface area (Å²) in [5, 5.41) is 36.3. The van der Waals surface area contributed by atoms with Gasteiger partial charge in [-0.25, -0.2) is 4.79 Å². The summed E-state index contributed by atoms with van der Waals surface area (Å²) in [7, 11) is 0. The Bertz CT molecular complexity index is 885. The zero-order valence-electron chi connectivity index (χ0n) is 21.2. The Morgan fingerprint density at radius 3 is 2.03 bits per heavy atom. The lowest BCUT2D eigenvalue weighted by atomic mass is 10.0. The number of carboxylic acid groups (broad SMARTS) is 1. The maximum Gasteiger partial charge on any atom is 0.326 e. The molecule has 12 nitrogen and oxygen atoms in total. The SMILES string of the molecule is CSCCC(NC(=O)C(CCCCN)NC(=O)C(Cc1ccc(O)cc1)NC(=O)C(N)C(C)O)C(=O)O. The highest BCUT2D eigenvalue weighted by atomic mass is 32.2. The van der Waals surface area contributed by atoms with Gasteiger partial charge in [0, 0.05) is 6.42 Å². The number of hydrogen-bond acceptors (Lipinski definition) is 9. The molecule has 5 unspecified atom stereocenters. The van der Waals surface area contributed by atoms with E-state index in [-0.39, 0.29) is 25.0 Å². The van der Waals surface area contributed by atoms with Gasteiger partial charge in [-0.2, -0.15) is 11.8 Å². The number of carbonyl (C=O) groups excluding carboxylic acids is 3. The highest BCUT2D eigenvalue weighted by Gasteiger charge is 2.31. The third-order valence-corrected chi connectivity index (χ3v) is 6.28. The van der Waals surface area contributed by atoms with Gasteiger partial charge in [0.05, 0.1) is 6.10 Å². The summed E-state index contributed by atoms with van der Waals surface area (Å²) >= 11 is 1.44. The molecule has 0 aliphatic heterocycles. The van der Waals surface area contributed by atoms with Crippen molar-refractivity contribution in [3.63, 3.8) is 0 Å². The predicted molar refractivity (Wildman–Crippen MR) is 141 cm³/mol. The lowest BCUT2D eigenvalue weighted by Gasteiger charge is -2.26. The number of nitrogens with one attached hydrogen (secondary N) is 3. The molecule has 5 atom stereocenters. The standard InChI is InChI=1S/C24H39N5O7S/c1-14(30)20(26)23(34)29-19(13-15-6-8-16(31)9-7-15)22(33)27-17(5-3-4-11-25)21(32)28-18(24(35)36)10-12-37-2/h6-9,14,17-20,30-31H,3-5,10-13,25-26H2,1-2H3,(H,27,33)(H,28,32)(H,29,34)(H,35,36). The fourth-order valence-electron chi connectivity index (χ4n) is 3.36. The van der Waals surface area contributed by atoms with Crippen molar-refractivity contribution < 1.29 is 34.5 Å². The normalized spacial score (nSPS) is 15.1. The molecule has 0 saturated heterocycles. The van der Waals surface area contributed by atoms with E-state index in [1.54, 1.807) is 12.1 Å². The molecule has 3 amide bonds. The van der Waals surface area contributed by atoms with Crippen LogP contribution < -0.4 is 27.4 Å². The molecule has 208 valence electrons. The highest BCUT2D eigenvalue weighted by molar-refractivity contribution is 7.98. The molecule has 10 N–H and O–H groups in total. The summed E-state index contributed by atoms with van der Waals surface area (Å²) in [5.41, 5.74) is 11.9. The highest BCUT2D eigenvalue weighted by Crippen LogP contribution is 2.12. The van der Waals surface area contributed by atoms with Crippen LogP contribution >= 0.6 is 11.8 Å². The first-order valence-electron chi connectivity index (χ1n) is 12.0. The quantitative estimate of drug-likeness (QED) is 0.113. The van der Waals surface area contributed by atoms with Crippen LogP contribution in [0, 0.1) is 0 Å². The van der Waals surface area contributed by atoms with E-state index in [4.69, 9.17) is 11.5 Å². The van der Waals surface area contributed by atoms with Gasteiger partial charge in [-0.1, -0.05) is 12.1 Å². The van der Waals surface area contributed by atoms with Gasteiger partial charge in [0.25, 0.3) is 0 Å². The molecule has 1 aromatic rings. The van der Waals surface area contributed by atoms with Crippen molar-refractivity contribution in [2.75, 3.05) is 18.6 Å². The first kappa shape index (κ1) is 32.2. The third kappa shape index (κ3) is 11.8.